The summed E-state index contributed by atoms with van der Waals surface area (Å²) in [7, 11) is 1.56. The molecule has 0 spiro atoms. The third-order valence-electron chi connectivity index (χ3n) is 2.17. The van der Waals surface area contributed by atoms with Crippen LogP contribution < -0.4 is 5.32 Å². The molecule has 0 radical (unpaired) electrons. The summed E-state index contributed by atoms with van der Waals surface area (Å²) in [4.78, 5) is 27.1. The predicted octanol–water partition coefficient (Wildman–Crippen LogP) is 1.19. The maximum atomic E-state index is 11.9. The third-order valence-corrected chi connectivity index (χ3v) is 3.30. The summed E-state index contributed by atoms with van der Waals surface area (Å²) >= 11 is 1.26. The van der Waals surface area contributed by atoms with E-state index in [2.05, 4.69) is 10.3 Å². The zero-order valence-corrected chi connectivity index (χ0v) is 11.3. The quantitative estimate of drug-likeness (QED) is 0.812. The van der Waals surface area contributed by atoms with Crippen LogP contribution in [0.25, 0.3) is 0 Å². The summed E-state index contributed by atoms with van der Waals surface area (Å²) < 4.78 is 4.95. The van der Waals surface area contributed by atoms with E-state index in [1.807, 2.05) is 0 Å². The first-order valence-corrected chi connectivity index (χ1v) is 6.23. The van der Waals surface area contributed by atoms with Crippen LogP contribution in [0.3, 0.4) is 0 Å². The fourth-order valence-electron chi connectivity index (χ4n) is 1.45. The lowest BCUT2D eigenvalue weighted by Crippen LogP contribution is -2.34. The van der Waals surface area contributed by atoms with Crippen LogP contribution in [0.1, 0.15) is 33.7 Å². The monoisotopic (exact) mass is 272 g/mol. The second kappa shape index (κ2) is 6.46. The summed E-state index contributed by atoms with van der Waals surface area (Å²) in [6, 6.07) is -0.414. The summed E-state index contributed by atoms with van der Waals surface area (Å²) in [6.45, 7) is 3.76. The van der Waals surface area contributed by atoms with Crippen LogP contribution >= 0.6 is 11.3 Å². The van der Waals surface area contributed by atoms with Crippen LogP contribution in [0, 0.1) is 6.92 Å². The molecule has 1 aromatic heterocycles. The Kier molecular flexibility index (Phi) is 5.24. The molecule has 0 saturated carbocycles. The van der Waals surface area contributed by atoms with Gasteiger partial charge in [0.15, 0.2) is 0 Å². The van der Waals surface area contributed by atoms with Crippen molar-refractivity contribution in [3.8, 4) is 0 Å². The number of rotatable bonds is 6. The van der Waals surface area contributed by atoms with E-state index in [-0.39, 0.29) is 12.3 Å². The van der Waals surface area contributed by atoms with Gasteiger partial charge in [-0.2, -0.15) is 0 Å². The van der Waals surface area contributed by atoms with Gasteiger partial charge in [-0.3, -0.25) is 9.59 Å². The smallest absolute Gasteiger partial charge is 0.305 e. The van der Waals surface area contributed by atoms with E-state index in [4.69, 9.17) is 9.84 Å². The van der Waals surface area contributed by atoms with Crippen LogP contribution in [0.4, 0.5) is 0 Å². The molecule has 6 nitrogen and oxygen atoms in total. The highest BCUT2D eigenvalue weighted by molar-refractivity contribution is 7.13. The fraction of sp³-hybridized carbons (Fsp3) is 0.545. The van der Waals surface area contributed by atoms with Crippen molar-refractivity contribution in [1.29, 1.82) is 0 Å². The molecule has 0 aliphatic heterocycles. The van der Waals surface area contributed by atoms with Gasteiger partial charge in [0.05, 0.1) is 18.7 Å². The first-order valence-electron chi connectivity index (χ1n) is 5.42. The standard InChI is InChI=1S/C11H16N2O4S/c1-6(4-9(14)15)12-11(16)10-7(2)13-8(18-10)5-17-3/h6H,4-5H2,1-3H3,(H,12,16)(H,14,15). The average molecular weight is 272 g/mol. The van der Waals surface area contributed by atoms with Gasteiger partial charge in [-0.1, -0.05) is 0 Å². The van der Waals surface area contributed by atoms with E-state index in [1.54, 1.807) is 21.0 Å². The van der Waals surface area contributed by atoms with Gasteiger partial charge in [0.2, 0.25) is 0 Å². The molecule has 0 aliphatic rings. The van der Waals surface area contributed by atoms with Crippen molar-refractivity contribution in [3.05, 3.63) is 15.6 Å². The molecule has 1 aromatic rings. The Morgan fingerprint density at radius 3 is 2.78 bits per heavy atom. The molecule has 1 atom stereocenters. The van der Waals surface area contributed by atoms with Crippen molar-refractivity contribution in [2.24, 2.45) is 0 Å². The minimum absolute atomic E-state index is 0.103. The number of thiazole rings is 1. The number of carboxylic acid groups (broad SMARTS) is 1. The van der Waals surface area contributed by atoms with Crippen LogP contribution in [-0.4, -0.2) is 35.1 Å². The molecule has 0 bridgehead atoms. The molecule has 1 heterocycles. The van der Waals surface area contributed by atoms with Crippen LogP contribution in [0.5, 0.6) is 0 Å². The highest BCUT2D eigenvalue weighted by Gasteiger charge is 2.18. The lowest BCUT2D eigenvalue weighted by Gasteiger charge is -2.10. The Labute approximate surface area is 109 Å². The molecular formula is C11H16N2O4S. The summed E-state index contributed by atoms with van der Waals surface area (Å²) in [5.41, 5.74) is 0.632. The molecule has 7 heteroatoms. The first kappa shape index (κ1) is 14.6. The number of amides is 1. The van der Waals surface area contributed by atoms with E-state index in [1.165, 1.54) is 11.3 Å². The number of hydrogen-bond acceptors (Lipinski definition) is 5. The minimum atomic E-state index is -0.941. The number of methoxy groups -OCH3 is 1. The second-order valence-electron chi connectivity index (χ2n) is 3.93. The van der Waals surface area contributed by atoms with Crippen LogP contribution in [0.2, 0.25) is 0 Å². The third kappa shape index (κ3) is 4.08. The van der Waals surface area contributed by atoms with Gasteiger partial charge in [0, 0.05) is 13.2 Å². The number of carbonyl (C=O) groups excluding carboxylic acids is 1. The van der Waals surface area contributed by atoms with Crippen molar-refractivity contribution >= 4 is 23.2 Å². The maximum Gasteiger partial charge on any atom is 0.305 e. The second-order valence-corrected chi connectivity index (χ2v) is 5.01. The molecule has 0 fully saturated rings. The number of hydrogen-bond donors (Lipinski definition) is 2. The van der Waals surface area contributed by atoms with Gasteiger partial charge in [-0.25, -0.2) is 4.98 Å². The number of carboxylic acids is 1. The Balaban J connectivity index is 2.68. The molecule has 1 rings (SSSR count). The highest BCUT2D eigenvalue weighted by Crippen LogP contribution is 2.18. The lowest BCUT2D eigenvalue weighted by atomic mass is 10.2. The van der Waals surface area contributed by atoms with Crippen molar-refractivity contribution in [2.45, 2.75) is 32.9 Å². The van der Waals surface area contributed by atoms with E-state index in [0.29, 0.717) is 17.2 Å². The van der Waals surface area contributed by atoms with Crippen molar-refractivity contribution < 1.29 is 19.4 Å². The number of carbonyl (C=O) groups is 2. The van der Waals surface area contributed by atoms with E-state index < -0.39 is 12.0 Å². The number of nitrogens with one attached hydrogen (secondary N) is 1. The Bertz CT molecular complexity index is 444. The van der Waals surface area contributed by atoms with Gasteiger partial charge >= 0.3 is 5.97 Å². The normalized spacial score (nSPS) is 12.2. The number of aliphatic carboxylic acids is 1. The predicted molar refractivity (Wildman–Crippen MR) is 66.7 cm³/mol. The number of nitrogens with zero attached hydrogens (tertiary/aromatic N) is 1. The summed E-state index contributed by atoms with van der Waals surface area (Å²) in [5, 5.41) is 12.0. The van der Waals surface area contributed by atoms with Gasteiger partial charge in [-0.15, -0.1) is 11.3 Å². The Morgan fingerprint density at radius 1 is 1.56 bits per heavy atom. The molecule has 2 N–H and O–H groups in total. The van der Waals surface area contributed by atoms with Gasteiger partial charge in [0.1, 0.15) is 9.88 Å². The molecule has 0 aromatic carbocycles. The molecule has 0 saturated heterocycles. The van der Waals surface area contributed by atoms with Crippen molar-refractivity contribution in [3.63, 3.8) is 0 Å². The zero-order valence-electron chi connectivity index (χ0n) is 10.5. The lowest BCUT2D eigenvalue weighted by molar-refractivity contribution is -0.137. The number of ether oxygens (including phenoxy) is 1. The zero-order chi connectivity index (χ0) is 13.7. The summed E-state index contributed by atoms with van der Waals surface area (Å²) in [5.74, 6) is -1.23. The van der Waals surface area contributed by atoms with E-state index in [9.17, 15) is 9.59 Å². The largest absolute Gasteiger partial charge is 0.481 e. The molecule has 100 valence electrons. The fourth-order valence-corrected chi connectivity index (χ4v) is 2.39. The van der Waals surface area contributed by atoms with Crippen LogP contribution in [-0.2, 0) is 16.1 Å². The molecule has 1 unspecified atom stereocenters. The molecule has 0 aliphatic carbocycles. The van der Waals surface area contributed by atoms with E-state index in [0.717, 1.165) is 5.01 Å². The van der Waals surface area contributed by atoms with Crippen molar-refractivity contribution in [2.75, 3.05) is 7.11 Å². The van der Waals surface area contributed by atoms with E-state index >= 15 is 0 Å². The van der Waals surface area contributed by atoms with Gasteiger partial charge in [-0.05, 0) is 13.8 Å². The maximum absolute atomic E-state index is 11.9. The van der Waals surface area contributed by atoms with Crippen molar-refractivity contribution in [1.82, 2.24) is 10.3 Å². The minimum Gasteiger partial charge on any atom is -0.481 e. The molecule has 1 amide bonds. The summed E-state index contributed by atoms with van der Waals surface area (Å²) in [6.07, 6.45) is -0.103. The average Bonchev–Trinajstić information content (AvgIpc) is 2.58. The van der Waals surface area contributed by atoms with Gasteiger partial charge < -0.3 is 15.2 Å². The molecule has 18 heavy (non-hydrogen) atoms. The Hall–Kier alpha value is -1.47. The topological polar surface area (TPSA) is 88.5 Å². The highest BCUT2D eigenvalue weighted by atomic mass is 32.1. The van der Waals surface area contributed by atoms with Crippen LogP contribution in [0.15, 0.2) is 0 Å². The number of aromatic nitrogens is 1. The number of aryl methyl sites for hydroxylation is 1. The van der Waals surface area contributed by atoms with Gasteiger partial charge in [0.25, 0.3) is 5.91 Å². The first-order chi connectivity index (χ1) is 8.43. The molecular weight excluding hydrogens is 256 g/mol. The SMILES string of the molecule is COCc1nc(C)c(C(=O)NC(C)CC(=O)O)s1. The Morgan fingerprint density at radius 2 is 2.22 bits per heavy atom.